The summed E-state index contributed by atoms with van der Waals surface area (Å²) >= 11 is 3.39. The summed E-state index contributed by atoms with van der Waals surface area (Å²) in [5, 5.41) is 3.12. The molecule has 0 spiro atoms. The first-order valence-electron chi connectivity index (χ1n) is 7.79. The van der Waals surface area contributed by atoms with Gasteiger partial charge in [0.05, 0.1) is 0 Å². The number of nitrogens with zero attached hydrogens (tertiary/aromatic N) is 2. The maximum Gasteiger partial charge on any atom is 0.269 e. The first kappa shape index (κ1) is 17.7. The molecule has 26 heavy (non-hydrogen) atoms. The zero-order valence-corrected chi connectivity index (χ0v) is 15.5. The van der Waals surface area contributed by atoms with E-state index in [0.717, 1.165) is 15.7 Å². The van der Waals surface area contributed by atoms with Gasteiger partial charge >= 0.3 is 0 Å². The molecule has 0 aliphatic rings. The summed E-state index contributed by atoms with van der Waals surface area (Å²) in [5.41, 5.74) is 14.1. The Morgan fingerprint density at radius 2 is 1.65 bits per heavy atom. The number of hydrazine groups is 1. The van der Waals surface area contributed by atoms with Crippen LogP contribution in [-0.4, -0.2) is 15.9 Å². The van der Waals surface area contributed by atoms with Crippen LogP contribution in [0.3, 0.4) is 0 Å². The number of anilines is 4. The number of halogens is 1. The molecule has 1 amide bonds. The molecule has 8 heteroatoms. The second-order valence-electron chi connectivity index (χ2n) is 5.56. The van der Waals surface area contributed by atoms with Gasteiger partial charge in [0.25, 0.3) is 5.91 Å². The van der Waals surface area contributed by atoms with E-state index in [2.05, 4.69) is 42.1 Å². The fraction of sp³-hybridized carbons (Fsp3) is 0.0556. The summed E-state index contributed by atoms with van der Waals surface area (Å²) in [7, 11) is 0. The van der Waals surface area contributed by atoms with Crippen molar-refractivity contribution in [2.75, 3.05) is 16.5 Å². The first-order valence-corrected chi connectivity index (χ1v) is 8.58. The number of hydrogen-bond donors (Lipinski definition) is 4. The minimum absolute atomic E-state index is 0.287. The van der Waals surface area contributed by atoms with E-state index in [-0.39, 0.29) is 5.91 Å². The highest BCUT2D eigenvalue weighted by Crippen LogP contribution is 2.26. The van der Waals surface area contributed by atoms with Gasteiger partial charge in [-0.1, -0.05) is 33.6 Å². The van der Waals surface area contributed by atoms with Crippen LogP contribution in [0.25, 0.3) is 0 Å². The monoisotopic (exact) mass is 412 g/mol. The molecule has 0 saturated carbocycles. The number of nitrogens with two attached hydrogens (primary N) is 1. The highest BCUT2D eigenvalue weighted by Gasteiger charge is 2.10. The van der Waals surface area contributed by atoms with Crippen molar-refractivity contribution in [2.45, 2.75) is 6.92 Å². The molecule has 2 aromatic carbocycles. The molecular weight excluding hydrogens is 396 g/mol. The summed E-state index contributed by atoms with van der Waals surface area (Å²) in [5.74, 6) is 0.458. The Bertz CT molecular complexity index is 912. The van der Waals surface area contributed by atoms with E-state index in [1.54, 1.807) is 12.1 Å². The zero-order chi connectivity index (χ0) is 18.5. The Labute approximate surface area is 159 Å². The van der Waals surface area contributed by atoms with Gasteiger partial charge < -0.3 is 11.1 Å². The fourth-order valence-electron chi connectivity index (χ4n) is 2.16. The molecular formula is C18H17BrN6O. The predicted molar refractivity (Wildman–Crippen MR) is 106 cm³/mol. The van der Waals surface area contributed by atoms with Crippen molar-refractivity contribution in [3.63, 3.8) is 0 Å². The van der Waals surface area contributed by atoms with Crippen LogP contribution < -0.4 is 21.9 Å². The molecule has 0 atom stereocenters. The molecule has 3 aromatic rings. The molecule has 0 radical (unpaired) electrons. The van der Waals surface area contributed by atoms with Crippen molar-refractivity contribution in [3.8, 4) is 0 Å². The van der Waals surface area contributed by atoms with Crippen LogP contribution >= 0.6 is 15.9 Å². The molecule has 3 rings (SSSR count). The zero-order valence-electron chi connectivity index (χ0n) is 14.0. The van der Waals surface area contributed by atoms with Crippen molar-refractivity contribution < 1.29 is 4.79 Å². The lowest BCUT2D eigenvalue weighted by molar-refractivity contribution is 0.0962. The molecule has 1 heterocycles. The van der Waals surface area contributed by atoms with Crippen LogP contribution in [0.2, 0.25) is 0 Å². The van der Waals surface area contributed by atoms with Crippen LogP contribution in [-0.2, 0) is 0 Å². The fourth-order valence-corrected chi connectivity index (χ4v) is 2.42. The van der Waals surface area contributed by atoms with E-state index in [1.165, 1.54) is 6.33 Å². The van der Waals surface area contributed by atoms with Gasteiger partial charge in [-0.15, -0.1) is 0 Å². The van der Waals surface area contributed by atoms with Crippen molar-refractivity contribution >= 4 is 44.8 Å². The number of aromatic nitrogens is 2. The third-order valence-electron chi connectivity index (χ3n) is 3.60. The summed E-state index contributed by atoms with van der Waals surface area (Å²) < 4.78 is 0.972. The standard InChI is InChI=1S/C18H17BrN6O/c1-11-2-4-12(5-3-11)18(26)25-24-17-15(20)16(21-10-22-17)23-14-8-6-13(19)7-9-14/h2-10H,20H2,1H3,(H,25,26)(H2,21,22,23,24). The van der Waals surface area contributed by atoms with Crippen LogP contribution in [0.15, 0.2) is 59.3 Å². The minimum atomic E-state index is -0.287. The molecule has 0 unspecified atom stereocenters. The number of rotatable bonds is 5. The third-order valence-corrected chi connectivity index (χ3v) is 4.13. The first-order chi connectivity index (χ1) is 12.5. The molecule has 0 saturated heterocycles. The number of carbonyl (C=O) groups is 1. The molecule has 0 bridgehead atoms. The lowest BCUT2D eigenvalue weighted by Gasteiger charge is -2.13. The smallest absolute Gasteiger partial charge is 0.269 e. The maximum atomic E-state index is 12.2. The van der Waals surface area contributed by atoms with Gasteiger partial charge in [-0.25, -0.2) is 9.97 Å². The van der Waals surface area contributed by atoms with E-state index in [9.17, 15) is 4.79 Å². The Hall–Kier alpha value is -3.13. The van der Waals surface area contributed by atoms with Crippen LogP contribution in [0.1, 0.15) is 15.9 Å². The van der Waals surface area contributed by atoms with E-state index in [0.29, 0.717) is 22.9 Å². The maximum absolute atomic E-state index is 12.2. The number of nitrogen functional groups attached to an aromatic ring is 1. The van der Waals surface area contributed by atoms with E-state index < -0.39 is 0 Å². The number of carbonyl (C=O) groups excluding carboxylic acids is 1. The van der Waals surface area contributed by atoms with Crippen LogP contribution in [0.5, 0.6) is 0 Å². The normalized spacial score (nSPS) is 10.2. The van der Waals surface area contributed by atoms with Gasteiger partial charge in [-0.05, 0) is 43.3 Å². The van der Waals surface area contributed by atoms with Crippen LogP contribution in [0, 0.1) is 6.92 Å². The number of aryl methyl sites for hydroxylation is 1. The Kier molecular flexibility index (Phi) is 5.33. The lowest BCUT2D eigenvalue weighted by atomic mass is 10.1. The number of benzene rings is 2. The summed E-state index contributed by atoms with van der Waals surface area (Å²) in [6, 6.07) is 14.8. The highest BCUT2D eigenvalue weighted by molar-refractivity contribution is 9.10. The van der Waals surface area contributed by atoms with Gasteiger partial charge in [0.2, 0.25) is 0 Å². The van der Waals surface area contributed by atoms with Gasteiger partial charge in [0.15, 0.2) is 11.6 Å². The topological polar surface area (TPSA) is 105 Å². The molecule has 1 aromatic heterocycles. The SMILES string of the molecule is Cc1ccc(C(=O)NNc2ncnc(Nc3ccc(Br)cc3)c2N)cc1. The molecule has 5 N–H and O–H groups in total. The van der Waals surface area contributed by atoms with E-state index in [1.807, 2.05) is 43.3 Å². The molecule has 7 nitrogen and oxygen atoms in total. The van der Waals surface area contributed by atoms with Crippen LogP contribution in [0.4, 0.5) is 23.0 Å². The molecule has 0 aliphatic carbocycles. The summed E-state index contributed by atoms with van der Waals surface area (Å²) in [6.07, 6.45) is 1.36. The summed E-state index contributed by atoms with van der Waals surface area (Å²) in [6.45, 7) is 1.96. The van der Waals surface area contributed by atoms with Crippen molar-refractivity contribution in [1.82, 2.24) is 15.4 Å². The second-order valence-corrected chi connectivity index (χ2v) is 6.48. The highest BCUT2D eigenvalue weighted by atomic mass is 79.9. The van der Waals surface area contributed by atoms with Crippen molar-refractivity contribution in [3.05, 3.63) is 70.5 Å². The van der Waals surface area contributed by atoms with Gasteiger partial charge in [-0.3, -0.25) is 15.6 Å². The third kappa shape index (κ3) is 4.28. The average molecular weight is 413 g/mol. The van der Waals surface area contributed by atoms with Gasteiger partial charge in [-0.2, -0.15) is 0 Å². The number of nitrogens with one attached hydrogen (secondary N) is 3. The average Bonchev–Trinajstić information content (AvgIpc) is 2.64. The predicted octanol–water partition coefficient (Wildman–Crippen LogP) is 3.63. The Morgan fingerprint density at radius 3 is 2.35 bits per heavy atom. The quantitative estimate of drug-likeness (QED) is 0.476. The van der Waals surface area contributed by atoms with Crippen molar-refractivity contribution in [2.24, 2.45) is 0 Å². The molecule has 0 fully saturated rings. The summed E-state index contributed by atoms with van der Waals surface area (Å²) in [4.78, 5) is 20.4. The lowest BCUT2D eigenvalue weighted by Crippen LogP contribution is -2.30. The molecule has 132 valence electrons. The molecule has 0 aliphatic heterocycles. The Morgan fingerprint density at radius 1 is 1.00 bits per heavy atom. The number of amides is 1. The van der Waals surface area contributed by atoms with Gasteiger partial charge in [0, 0.05) is 15.7 Å². The second kappa shape index (κ2) is 7.83. The van der Waals surface area contributed by atoms with Gasteiger partial charge in [0.1, 0.15) is 12.0 Å². The van der Waals surface area contributed by atoms with E-state index >= 15 is 0 Å². The number of hydrogen-bond acceptors (Lipinski definition) is 6. The van der Waals surface area contributed by atoms with Crippen molar-refractivity contribution in [1.29, 1.82) is 0 Å². The largest absolute Gasteiger partial charge is 0.393 e. The van der Waals surface area contributed by atoms with E-state index in [4.69, 9.17) is 5.73 Å². The Balaban J connectivity index is 1.69. The minimum Gasteiger partial charge on any atom is -0.393 e.